The van der Waals surface area contributed by atoms with Crippen molar-refractivity contribution in [3.8, 4) is 0 Å². The maximum atomic E-state index is 11.4. The van der Waals surface area contributed by atoms with Gasteiger partial charge in [-0.3, -0.25) is 9.59 Å². The van der Waals surface area contributed by atoms with Gasteiger partial charge in [0, 0.05) is 18.3 Å². The minimum absolute atomic E-state index is 0.103. The van der Waals surface area contributed by atoms with Gasteiger partial charge in [0.1, 0.15) is 0 Å². The van der Waals surface area contributed by atoms with Gasteiger partial charge >= 0.3 is 5.97 Å². The van der Waals surface area contributed by atoms with Crippen LogP contribution in [0.25, 0.3) is 0 Å². The molecule has 1 unspecified atom stereocenters. The van der Waals surface area contributed by atoms with Gasteiger partial charge in [-0.15, -0.1) is 0 Å². The summed E-state index contributed by atoms with van der Waals surface area (Å²) in [6, 6.07) is 5.06. The molecule has 1 atom stereocenters. The Morgan fingerprint density at radius 2 is 2.29 bits per heavy atom. The largest absolute Gasteiger partial charge is 0.481 e. The fourth-order valence-electron chi connectivity index (χ4n) is 1.82. The highest BCUT2D eigenvalue weighted by Crippen LogP contribution is 2.17. The molecular formula is C10H11NO3. The lowest BCUT2D eigenvalue weighted by Crippen LogP contribution is -2.33. The van der Waals surface area contributed by atoms with Crippen molar-refractivity contribution in [2.45, 2.75) is 19.4 Å². The molecule has 0 spiro atoms. The summed E-state index contributed by atoms with van der Waals surface area (Å²) >= 11 is 0. The Morgan fingerprint density at radius 1 is 1.50 bits per heavy atom. The van der Waals surface area contributed by atoms with Gasteiger partial charge < -0.3 is 9.67 Å². The van der Waals surface area contributed by atoms with E-state index in [2.05, 4.69) is 0 Å². The van der Waals surface area contributed by atoms with Gasteiger partial charge in [0.15, 0.2) is 0 Å². The zero-order valence-corrected chi connectivity index (χ0v) is 7.64. The molecule has 4 nitrogen and oxygen atoms in total. The lowest BCUT2D eigenvalue weighted by atomic mass is 9.97. The summed E-state index contributed by atoms with van der Waals surface area (Å²) in [5, 5.41) is 8.84. The van der Waals surface area contributed by atoms with E-state index in [4.69, 9.17) is 5.11 Å². The van der Waals surface area contributed by atoms with E-state index >= 15 is 0 Å². The number of aliphatic carboxylic acids is 1. The molecule has 0 aliphatic carbocycles. The molecule has 0 fully saturated rings. The summed E-state index contributed by atoms with van der Waals surface area (Å²) in [7, 11) is 0. The van der Waals surface area contributed by atoms with Crippen LogP contribution < -0.4 is 5.56 Å². The molecule has 0 aromatic carbocycles. The average molecular weight is 193 g/mol. The maximum absolute atomic E-state index is 11.4. The highest BCUT2D eigenvalue weighted by atomic mass is 16.4. The topological polar surface area (TPSA) is 59.3 Å². The molecule has 74 valence electrons. The van der Waals surface area contributed by atoms with E-state index < -0.39 is 11.9 Å². The van der Waals surface area contributed by atoms with Crippen molar-refractivity contribution in [2.75, 3.05) is 0 Å². The first-order valence-corrected chi connectivity index (χ1v) is 4.60. The second-order valence-corrected chi connectivity index (χ2v) is 3.54. The van der Waals surface area contributed by atoms with Crippen LogP contribution >= 0.6 is 0 Å². The molecule has 0 saturated carbocycles. The first kappa shape index (κ1) is 8.99. The van der Waals surface area contributed by atoms with Gasteiger partial charge in [0.25, 0.3) is 5.56 Å². The zero-order valence-electron chi connectivity index (χ0n) is 7.64. The summed E-state index contributed by atoms with van der Waals surface area (Å²) < 4.78 is 1.56. The Labute approximate surface area is 80.8 Å². The molecule has 0 saturated heterocycles. The Kier molecular flexibility index (Phi) is 2.11. The van der Waals surface area contributed by atoms with Gasteiger partial charge in [-0.2, -0.15) is 0 Å². The number of hydrogen-bond acceptors (Lipinski definition) is 2. The van der Waals surface area contributed by atoms with Gasteiger partial charge in [0.2, 0.25) is 0 Å². The summed E-state index contributed by atoms with van der Waals surface area (Å²) in [4.78, 5) is 22.2. The fraction of sp³-hybridized carbons (Fsp3) is 0.400. The van der Waals surface area contributed by atoms with E-state index in [1.807, 2.05) is 6.07 Å². The predicted octanol–water partition coefficient (Wildman–Crippen LogP) is 0.495. The molecular weight excluding hydrogens is 182 g/mol. The maximum Gasteiger partial charge on any atom is 0.308 e. The van der Waals surface area contributed by atoms with Crippen molar-refractivity contribution < 1.29 is 9.90 Å². The number of aryl methyl sites for hydroxylation is 1. The number of carbonyl (C=O) groups is 1. The second-order valence-electron chi connectivity index (χ2n) is 3.54. The van der Waals surface area contributed by atoms with E-state index in [1.165, 1.54) is 6.07 Å². The quantitative estimate of drug-likeness (QED) is 0.706. The summed E-state index contributed by atoms with van der Waals surface area (Å²) in [5.74, 6) is -1.23. The predicted molar refractivity (Wildman–Crippen MR) is 50.1 cm³/mol. The first-order chi connectivity index (χ1) is 6.68. The van der Waals surface area contributed by atoms with E-state index in [9.17, 15) is 9.59 Å². The van der Waals surface area contributed by atoms with Crippen LogP contribution in [0.3, 0.4) is 0 Å². The third-order valence-electron chi connectivity index (χ3n) is 2.64. The van der Waals surface area contributed by atoms with Gasteiger partial charge in [-0.25, -0.2) is 0 Å². The summed E-state index contributed by atoms with van der Waals surface area (Å²) in [6.07, 6.45) is 1.30. The lowest BCUT2D eigenvalue weighted by Gasteiger charge is -2.22. The Hall–Kier alpha value is -1.58. The van der Waals surface area contributed by atoms with Gasteiger partial charge in [0.05, 0.1) is 5.92 Å². The molecule has 0 radical (unpaired) electrons. The van der Waals surface area contributed by atoms with Crippen LogP contribution in [0.2, 0.25) is 0 Å². The molecule has 1 aromatic heterocycles. The van der Waals surface area contributed by atoms with Crippen molar-refractivity contribution >= 4 is 5.97 Å². The molecule has 1 aliphatic rings. The van der Waals surface area contributed by atoms with Crippen molar-refractivity contribution in [3.63, 3.8) is 0 Å². The molecule has 4 heteroatoms. The van der Waals surface area contributed by atoms with E-state index in [-0.39, 0.29) is 5.56 Å². The SMILES string of the molecule is O=C(O)C1CCc2cccc(=O)n2C1. The summed E-state index contributed by atoms with van der Waals surface area (Å²) in [6.45, 7) is 0.310. The molecule has 2 heterocycles. The molecule has 0 amide bonds. The molecule has 2 rings (SSSR count). The van der Waals surface area contributed by atoms with Crippen molar-refractivity contribution in [1.82, 2.24) is 4.57 Å². The fourth-order valence-corrected chi connectivity index (χ4v) is 1.82. The highest BCUT2D eigenvalue weighted by molar-refractivity contribution is 5.70. The molecule has 1 aromatic rings. The van der Waals surface area contributed by atoms with Gasteiger partial charge in [-0.1, -0.05) is 6.07 Å². The van der Waals surface area contributed by atoms with Crippen LogP contribution in [0.4, 0.5) is 0 Å². The normalized spacial score (nSPS) is 20.1. The van der Waals surface area contributed by atoms with Crippen molar-refractivity contribution in [1.29, 1.82) is 0 Å². The number of aromatic nitrogens is 1. The summed E-state index contributed by atoms with van der Waals surface area (Å²) in [5.41, 5.74) is 0.837. The third-order valence-corrected chi connectivity index (χ3v) is 2.64. The van der Waals surface area contributed by atoms with Crippen molar-refractivity contribution in [2.24, 2.45) is 5.92 Å². The Morgan fingerprint density at radius 3 is 3.00 bits per heavy atom. The number of carboxylic acid groups (broad SMARTS) is 1. The van der Waals surface area contributed by atoms with E-state index in [1.54, 1.807) is 10.6 Å². The third kappa shape index (κ3) is 1.43. The number of carboxylic acids is 1. The van der Waals surface area contributed by atoms with Gasteiger partial charge in [-0.05, 0) is 18.9 Å². The Balaban J connectivity index is 2.38. The van der Waals surface area contributed by atoms with Crippen LogP contribution in [-0.4, -0.2) is 15.6 Å². The number of rotatable bonds is 1. The molecule has 14 heavy (non-hydrogen) atoms. The smallest absolute Gasteiger partial charge is 0.308 e. The first-order valence-electron chi connectivity index (χ1n) is 4.60. The average Bonchev–Trinajstić information content (AvgIpc) is 2.18. The Bertz CT molecular complexity index is 422. The molecule has 1 N–H and O–H groups in total. The number of nitrogens with zero attached hydrogens (tertiary/aromatic N) is 1. The second kappa shape index (κ2) is 3.29. The molecule has 1 aliphatic heterocycles. The lowest BCUT2D eigenvalue weighted by molar-refractivity contribution is -0.142. The van der Waals surface area contributed by atoms with E-state index in [0.29, 0.717) is 19.4 Å². The van der Waals surface area contributed by atoms with E-state index in [0.717, 1.165) is 5.69 Å². The van der Waals surface area contributed by atoms with Crippen LogP contribution in [0, 0.1) is 5.92 Å². The number of fused-ring (bicyclic) bond motifs is 1. The zero-order chi connectivity index (χ0) is 10.1. The van der Waals surface area contributed by atoms with Crippen LogP contribution in [0.1, 0.15) is 12.1 Å². The standard InChI is InChI=1S/C10H11NO3/c12-9-3-1-2-8-5-4-7(10(13)14)6-11(8)9/h1-3,7H,4-6H2,(H,13,14). The highest BCUT2D eigenvalue weighted by Gasteiger charge is 2.24. The minimum atomic E-state index is -0.814. The molecule has 0 bridgehead atoms. The number of hydrogen-bond donors (Lipinski definition) is 1. The minimum Gasteiger partial charge on any atom is -0.481 e. The van der Waals surface area contributed by atoms with Crippen LogP contribution in [-0.2, 0) is 17.8 Å². The van der Waals surface area contributed by atoms with Crippen molar-refractivity contribution in [3.05, 3.63) is 34.2 Å². The number of pyridine rings is 1. The monoisotopic (exact) mass is 193 g/mol. The van der Waals surface area contributed by atoms with Crippen LogP contribution in [0.5, 0.6) is 0 Å². The van der Waals surface area contributed by atoms with Crippen LogP contribution in [0.15, 0.2) is 23.0 Å².